The van der Waals surface area contributed by atoms with Gasteiger partial charge >= 0.3 is 18.5 Å². The molecule has 0 unspecified atom stereocenters. The number of aromatic nitrogens is 1. The molecule has 0 N–H and O–H groups in total. The number of hydrogen-bond acceptors (Lipinski definition) is 3. The van der Waals surface area contributed by atoms with Gasteiger partial charge in [-0.3, -0.25) is 4.79 Å². The second kappa shape index (κ2) is 7.61. The second-order valence-corrected chi connectivity index (χ2v) is 6.60. The van der Waals surface area contributed by atoms with Crippen LogP contribution in [0.15, 0.2) is 36.5 Å². The summed E-state index contributed by atoms with van der Waals surface area (Å²) < 4.78 is 121. The number of ether oxygens (including phenoxy) is 1. The number of carbonyl (C=O) groups is 1. The topological polar surface area (TPSA) is 42.4 Å². The fourth-order valence-electron chi connectivity index (χ4n) is 2.80. The van der Waals surface area contributed by atoms with Crippen LogP contribution in [0.2, 0.25) is 0 Å². The number of carbonyl (C=O) groups excluding carboxylic acids is 1. The van der Waals surface area contributed by atoms with Crippen molar-refractivity contribution in [1.82, 2.24) is 9.88 Å². The van der Waals surface area contributed by atoms with E-state index in [0.717, 1.165) is 23.2 Å². The van der Waals surface area contributed by atoms with E-state index in [1.165, 1.54) is 0 Å². The van der Waals surface area contributed by atoms with Crippen LogP contribution in [0.4, 0.5) is 39.5 Å². The van der Waals surface area contributed by atoms with Gasteiger partial charge in [0.15, 0.2) is 0 Å². The zero-order chi connectivity index (χ0) is 23.2. The molecule has 1 amide bonds. The molecule has 1 aliphatic heterocycles. The summed E-state index contributed by atoms with van der Waals surface area (Å²) in [5.41, 5.74) is -5.31. The lowest BCUT2D eigenvalue weighted by molar-refractivity contribution is -0.143. The lowest BCUT2D eigenvalue weighted by Crippen LogP contribution is -2.56. The van der Waals surface area contributed by atoms with Crippen LogP contribution in [0.1, 0.15) is 27.0 Å². The highest BCUT2D eigenvalue weighted by molar-refractivity contribution is 5.95. The van der Waals surface area contributed by atoms with Gasteiger partial charge in [-0.05, 0) is 30.3 Å². The molecule has 13 heteroatoms. The van der Waals surface area contributed by atoms with Gasteiger partial charge in [-0.15, -0.1) is 0 Å². The first-order chi connectivity index (χ1) is 14.2. The SMILES string of the molecule is O=C(c1cc(C(F)(F)F)cc(C(F)(F)F)c1)N1CC(Oc2ncccc2C(F)(F)F)C1. The van der Waals surface area contributed by atoms with E-state index in [1.807, 2.05) is 0 Å². The minimum absolute atomic E-state index is 0.113. The van der Waals surface area contributed by atoms with E-state index in [4.69, 9.17) is 4.74 Å². The van der Waals surface area contributed by atoms with Crippen molar-refractivity contribution in [3.8, 4) is 5.88 Å². The predicted octanol–water partition coefficient (Wildman–Crippen LogP) is 5.04. The Morgan fingerprint density at radius 3 is 1.94 bits per heavy atom. The van der Waals surface area contributed by atoms with Crippen LogP contribution in [-0.4, -0.2) is 35.0 Å². The highest BCUT2D eigenvalue weighted by atomic mass is 19.4. The molecule has 2 heterocycles. The van der Waals surface area contributed by atoms with Gasteiger partial charge in [0.05, 0.1) is 24.2 Å². The van der Waals surface area contributed by atoms with E-state index in [9.17, 15) is 44.3 Å². The van der Waals surface area contributed by atoms with Gasteiger partial charge in [-0.25, -0.2) is 4.98 Å². The molecule has 0 bridgehead atoms. The molecule has 2 aromatic rings. The van der Waals surface area contributed by atoms with E-state index < -0.39 is 58.7 Å². The summed E-state index contributed by atoms with van der Waals surface area (Å²) in [5.74, 6) is -1.89. The third-order valence-electron chi connectivity index (χ3n) is 4.32. The first-order valence-electron chi connectivity index (χ1n) is 8.44. The summed E-state index contributed by atoms with van der Waals surface area (Å²) in [6, 6.07) is 2.22. The average molecular weight is 458 g/mol. The predicted molar refractivity (Wildman–Crippen MR) is 86.0 cm³/mol. The third-order valence-corrected chi connectivity index (χ3v) is 4.32. The summed E-state index contributed by atoms with van der Waals surface area (Å²) >= 11 is 0. The molecule has 0 aliphatic carbocycles. The zero-order valence-corrected chi connectivity index (χ0v) is 15.1. The third kappa shape index (κ3) is 5.02. The lowest BCUT2D eigenvalue weighted by atomic mass is 10.0. The molecule has 1 aromatic carbocycles. The van der Waals surface area contributed by atoms with Gasteiger partial charge in [0.1, 0.15) is 11.7 Å². The van der Waals surface area contributed by atoms with Crippen molar-refractivity contribution in [2.45, 2.75) is 24.6 Å². The Hall–Kier alpha value is -2.99. The molecule has 0 saturated carbocycles. The number of alkyl halides is 9. The maximum atomic E-state index is 12.9. The molecular weight excluding hydrogens is 447 g/mol. The molecule has 1 aliphatic rings. The van der Waals surface area contributed by atoms with Crippen molar-refractivity contribution in [2.24, 2.45) is 0 Å². The van der Waals surface area contributed by atoms with Crippen LogP contribution in [-0.2, 0) is 18.5 Å². The maximum absolute atomic E-state index is 12.9. The number of rotatable bonds is 3. The van der Waals surface area contributed by atoms with E-state index >= 15 is 0 Å². The van der Waals surface area contributed by atoms with Gasteiger partial charge in [-0.1, -0.05) is 0 Å². The summed E-state index contributed by atoms with van der Waals surface area (Å²) in [7, 11) is 0. The van der Waals surface area contributed by atoms with E-state index in [-0.39, 0.29) is 31.3 Å². The molecule has 0 atom stereocenters. The Morgan fingerprint density at radius 1 is 0.903 bits per heavy atom. The van der Waals surface area contributed by atoms with Crippen molar-refractivity contribution in [3.05, 3.63) is 58.8 Å². The van der Waals surface area contributed by atoms with Crippen LogP contribution in [0, 0.1) is 0 Å². The number of benzene rings is 1. The van der Waals surface area contributed by atoms with Crippen LogP contribution in [0.5, 0.6) is 5.88 Å². The van der Waals surface area contributed by atoms with Crippen molar-refractivity contribution < 1.29 is 49.0 Å². The zero-order valence-electron chi connectivity index (χ0n) is 15.1. The van der Waals surface area contributed by atoms with E-state index in [0.29, 0.717) is 0 Å². The molecule has 1 saturated heterocycles. The largest absolute Gasteiger partial charge is 0.470 e. The number of hydrogen-bond donors (Lipinski definition) is 0. The smallest absolute Gasteiger partial charge is 0.421 e. The summed E-state index contributed by atoms with van der Waals surface area (Å²) in [4.78, 5) is 16.7. The molecule has 31 heavy (non-hydrogen) atoms. The molecule has 0 radical (unpaired) electrons. The van der Waals surface area contributed by atoms with Crippen molar-refractivity contribution >= 4 is 5.91 Å². The number of amides is 1. The van der Waals surface area contributed by atoms with Gasteiger partial charge in [-0.2, -0.15) is 39.5 Å². The number of pyridine rings is 1. The summed E-state index contributed by atoms with van der Waals surface area (Å²) in [6.45, 7) is -0.686. The van der Waals surface area contributed by atoms with E-state index in [1.54, 1.807) is 0 Å². The summed E-state index contributed by atoms with van der Waals surface area (Å²) in [5, 5.41) is 0. The Morgan fingerprint density at radius 2 is 1.45 bits per heavy atom. The molecule has 1 aromatic heterocycles. The molecule has 0 spiro atoms. The van der Waals surface area contributed by atoms with Crippen LogP contribution in [0.3, 0.4) is 0 Å². The molecule has 1 fully saturated rings. The average Bonchev–Trinajstić information content (AvgIpc) is 2.61. The van der Waals surface area contributed by atoms with Gasteiger partial charge < -0.3 is 9.64 Å². The molecule has 4 nitrogen and oxygen atoms in total. The van der Waals surface area contributed by atoms with Crippen molar-refractivity contribution in [1.29, 1.82) is 0 Å². The molecule has 3 rings (SSSR count). The Labute approximate surface area is 168 Å². The Bertz CT molecular complexity index is 945. The maximum Gasteiger partial charge on any atom is 0.421 e. The summed E-state index contributed by atoms with van der Waals surface area (Å²) in [6.07, 6.45) is -14.9. The minimum atomic E-state index is -5.12. The van der Waals surface area contributed by atoms with Crippen LogP contribution >= 0.6 is 0 Å². The monoisotopic (exact) mass is 458 g/mol. The first kappa shape index (κ1) is 22.7. The van der Waals surface area contributed by atoms with Crippen molar-refractivity contribution in [3.63, 3.8) is 0 Å². The number of nitrogens with zero attached hydrogens (tertiary/aromatic N) is 2. The van der Waals surface area contributed by atoms with Crippen molar-refractivity contribution in [2.75, 3.05) is 13.1 Å². The normalized spacial score (nSPS) is 15.6. The van der Waals surface area contributed by atoms with Crippen LogP contribution < -0.4 is 4.74 Å². The highest BCUT2D eigenvalue weighted by Crippen LogP contribution is 2.38. The number of halogens is 9. The number of likely N-dealkylation sites (tertiary alicyclic amines) is 1. The quantitative estimate of drug-likeness (QED) is 0.606. The fourth-order valence-corrected chi connectivity index (χ4v) is 2.80. The molecular formula is C18H11F9N2O2. The fraction of sp³-hybridized carbons (Fsp3) is 0.333. The standard InChI is InChI=1S/C18H11F9N2O2/c19-16(20,21)10-4-9(5-11(6-10)17(22,23)24)15(30)29-7-12(8-29)31-14-13(18(25,26)27)2-1-3-28-14/h1-6,12H,7-8H2. The Kier molecular flexibility index (Phi) is 5.57. The second-order valence-electron chi connectivity index (χ2n) is 6.60. The lowest BCUT2D eigenvalue weighted by Gasteiger charge is -2.39. The van der Waals surface area contributed by atoms with Gasteiger partial charge in [0.2, 0.25) is 5.88 Å². The Balaban J connectivity index is 1.76. The minimum Gasteiger partial charge on any atom is -0.470 e. The van der Waals surface area contributed by atoms with Gasteiger partial charge in [0, 0.05) is 11.8 Å². The van der Waals surface area contributed by atoms with E-state index in [2.05, 4.69) is 4.98 Å². The molecule has 168 valence electrons. The highest BCUT2D eigenvalue weighted by Gasteiger charge is 2.41. The first-order valence-corrected chi connectivity index (χ1v) is 8.44. The van der Waals surface area contributed by atoms with Crippen LogP contribution in [0.25, 0.3) is 0 Å². The van der Waals surface area contributed by atoms with Gasteiger partial charge in [0.25, 0.3) is 5.91 Å².